The van der Waals surface area contributed by atoms with Crippen molar-refractivity contribution in [2.24, 2.45) is 0 Å². The summed E-state index contributed by atoms with van der Waals surface area (Å²) in [7, 11) is 0. The highest BCUT2D eigenvalue weighted by Crippen LogP contribution is 2.32. The first-order valence-corrected chi connectivity index (χ1v) is 4.72. The molecule has 2 rings (SSSR count). The van der Waals surface area contributed by atoms with Crippen LogP contribution in [0.15, 0.2) is 0 Å². The largest absolute Gasteiger partial charge is 0.389 e. The van der Waals surface area contributed by atoms with Gasteiger partial charge in [-0.1, -0.05) is 22.6 Å². The topological polar surface area (TPSA) is 58.9 Å². The van der Waals surface area contributed by atoms with Crippen molar-refractivity contribution in [1.82, 2.24) is 0 Å². The van der Waals surface area contributed by atoms with Crippen molar-refractivity contribution in [3.05, 3.63) is 0 Å². The van der Waals surface area contributed by atoms with Crippen molar-refractivity contribution in [2.75, 3.05) is 6.61 Å². The van der Waals surface area contributed by atoms with Crippen molar-refractivity contribution in [1.29, 1.82) is 0 Å². The summed E-state index contributed by atoms with van der Waals surface area (Å²) in [6.07, 6.45) is -2.18. The molecule has 0 saturated carbocycles. The minimum absolute atomic E-state index is 0.165. The van der Waals surface area contributed by atoms with Gasteiger partial charge in [-0.05, 0) is 0 Å². The number of aliphatic hydroxyl groups is 2. The molecule has 4 nitrogen and oxygen atoms in total. The Kier molecular flexibility index (Phi) is 2.09. The molecule has 2 aliphatic rings. The predicted octanol–water partition coefficient (Wildman–Crippen LogP) is -0.733. The maximum absolute atomic E-state index is 9.41. The lowest BCUT2D eigenvalue weighted by Gasteiger charge is -2.32. The second kappa shape index (κ2) is 2.81. The quantitative estimate of drug-likeness (QED) is 0.451. The smallest absolute Gasteiger partial charge is 0.172 e. The van der Waals surface area contributed by atoms with E-state index in [1.165, 1.54) is 0 Å². The third kappa shape index (κ3) is 1.19. The van der Waals surface area contributed by atoms with Crippen LogP contribution < -0.4 is 0 Å². The normalized spacial score (nSPS) is 56.5. The van der Waals surface area contributed by atoms with Crippen molar-refractivity contribution < 1.29 is 19.7 Å². The minimum Gasteiger partial charge on any atom is -0.389 e. The lowest BCUT2D eigenvalue weighted by molar-refractivity contribution is -0.156. The van der Waals surface area contributed by atoms with Gasteiger partial charge >= 0.3 is 0 Å². The Morgan fingerprint density at radius 1 is 1.27 bits per heavy atom. The van der Waals surface area contributed by atoms with E-state index >= 15 is 0 Å². The Bertz CT molecular complexity index is 145. The van der Waals surface area contributed by atoms with Crippen LogP contribution in [0.1, 0.15) is 0 Å². The van der Waals surface area contributed by atoms with Crippen molar-refractivity contribution >= 4 is 22.6 Å². The zero-order valence-electron chi connectivity index (χ0n) is 5.68. The van der Waals surface area contributed by atoms with Crippen LogP contribution in [0.3, 0.4) is 0 Å². The summed E-state index contributed by atoms with van der Waals surface area (Å²) in [5, 5.41) is 18.8. The molecule has 0 radical (unpaired) electrons. The second-order valence-corrected chi connectivity index (χ2v) is 4.24. The molecule has 5 atom stereocenters. The first-order chi connectivity index (χ1) is 5.20. The monoisotopic (exact) mass is 272 g/mol. The lowest BCUT2D eigenvalue weighted by Crippen LogP contribution is -2.51. The zero-order chi connectivity index (χ0) is 8.01. The fraction of sp³-hybridized carbons (Fsp3) is 1.00. The molecule has 2 heterocycles. The van der Waals surface area contributed by atoms with Crippen LogP contribution in [0, 0.1) is 0 Å². The van der Waals surface area contributed by atoms with Gasteiger partial charge in [0.15, 0.2) is 6.29 Å². The number of hydrogen-bond acceptors (Lipinski definition) is 4. The molecule has 0 aromatic carbocycles. The van der Waals surface area contributed by atoms with Crippen molar-refractivity contribution in [3.8, 4) is 0 Å². The molecule has 2 saturated heterocycles. The standard InChI is InChI=1S/C6H9IO4/c7-3-5(9)4(8)2-1-10-6(3)11-2/h2-6,8-9H,1H2. The molecular formula is C6H9IO4. The third-order valence-corrected chi connectivity index (χ3v) is 3.37. The van der Waals surface area contributed by atoms with Gasteiger partial charge in [-0.25, -0.2) is 0 Å². The Morgan fingerprint density at radius 2 is 2.00 bits per heavy atom. The summed E-state index contributed by atoms with van der Waals surface area (Å²) >= 11 is 2.03. The van der Waals surface area contributed by atoms with Gasteiger partial charge in [0.2, 0.25) is 0 Å². The van der Waals surface area contributed by atoms with Gasteiger partial charge in [-0.2, -0.15) is 0 Å². The van der Waals surface area contributed by atoms with Crippen LogP contribution >= 0.6 is 22.6 Å². The molecule has 2 N–H and O–H groups in total. The second-order valence-electron chi connectivity index (χ2n) is 2.80. The lowest BCUT2D eigenvalue weighted by atomic mass is 10.0. The Balaban J connectivity index is 2.16. The van der Waals surface area contributed by atoms with E-state index in [1.54, 1.807) is 0 Å². The highest BCUT2D eigenvalue weighted by Gasteiger charge is 2.48. The van der Waals surface area contributed by atoms with Crippen LogP contribution in [0.5, 0.6) is 0 Å². The van der Waals surface area contributed by atoms with E-state index in [2.05, 4.69) is 0 Å². The van der Waals surface area contributed by atoms with Gasteiger partial charge in [0.05, 0.1) is 16.6 Å². The zero-order valence-corrected chi connectivity index (χ0v) is 7.84. The summed E-state index contributed by atoms with van der Waals surface area (Å²) in [5.41, 5.74) is 0. The molecule has 11 heavy (non-hydrogen) atoms. The highest BCUT2D eigenvalue weighted by atomic mass is 127. The van der Waals surface area contributed by atoms with E-state index in [9.17, 15) is 10.2 Å². The fourth-order valence-electron chi connectivity index (χ4n) is 1.36. The van der Waals surface area contributed by atoms with Gasteiger partial charge in [0.1, 0.15) is 12.2 Å². The molecule has 5 heteroatoms. The van der Waals surface area contributed by atoms with E-state index in [1.807, 2.05) is 22.6 Å². The summed E-state index contributed by atoms with van der Waals surface area (Å²) in [6, 6.07) is 0. The number of aliphatic hydroxyl groups excluding tert-OH is 2. The maximum Gasteiger partial charge on any atom is 0.172 e. The Morgan fingerprint density at radius 3 is 2.73 bits per heavy atom. The molecule has 5 unspecified atom stereocenters. The molecule has 64 valence electrons. The molecular weight excluding hydrogens is 263 g/mol. The number of fused-ring (bicyclic) bond motifs is 2. The molecule has 0 aromatic heterocycles. The Labute approximate surface area is 77.6 Å². The van der Waals surface area contributed by atoms with Gasteiger partial charge in [-0.15, -0.1) is 0 Å². The number of rotatable bonds is 0. The first-order valence-electron chi connectivity index (χ1n) is 3.47. The van der Waals surface area contributed by atoms with Crippen LogP contribution in [0.2, 0.25) is 0 Å². The van der Waals surface area contributed by atoms with Crippen LogP contribution in [0.25, 0.3) is 0 Å². The average molecular weight is 272 g/mol. The van der Waals surface area contributed by atoms with E-state index in [0.29, 0.717) is 6.61 Å². The minimum atomic E-state index is -0.796. The van der Waals surface area contributed by atoms with Gasteiger partial charge in [-0.3, -0.25) is 0 Å². The summed E-state index contributed by atoms with van der Waals surface area (Å²) in [6.45, 7) is 0.391. The molecule has 0 aliphatic carbocycles. The van der Waals surface area contributed by atoms with Crippen LogP contribution in [0.4, 0.5) is 0 Å². The van der Waals surface area contributed by atoms with Crippen molar-refractivity contribution in [3.63, 3.8) is 0 Å². The molecule has 0 amide bonds. The molecule has 0 spiro atoms. The number of hydrogen-bond donors (Lipinski definition) is 2. The summed E-state index contributed by atoms with van der Waals surface area (Å²) in [5.74, 6) is 0. The van der Waals surface area contributed by atoms with E-state index in [4.69, 9.17) is 9.47 Å². The SMILES string of the molecule is OC1C2COC(O2)C(I)C1O. The number of alkyl halides is 1. The summed E-state index contributed by atoms with van der Waals surface area (Å²) < 4.78 is 10.3. The number of halogens is 1. The predicted molar refractivity (Wildman–Crippen MR) is 44.4 cm³/mol. The Hall–Kier alpha value is 0.570. The summed E-state index contributed by atoms with van der Waals surface area (Å²) in [4.78, 5) is 0. The molecule has 2 fully saturated rings. The van der Waals surface area contributed by atoms with E-state index in [0.717, 1.165) is 0 Å². The number of ether oxygens (including phenoxy) is 2. The fourth-order valence-corrected chi connectivity index (χ4v) is 2.16. The molecule has 2 bridgehead atoms. The molecule has 2 aliphatic heterocycles. The van der Waals surface area contributed by atoms with E-state index in [-0.39, 0.29) is 16.3 Å². The van der Waals surface area contributed by atoms with Crippen molar-refractivity contribution in [2.45, 2.75) is 28.5 Å². The van der Waals surface area contributed by atoms with E-state index < -0.39 is 12.2 Å². The highest BCUT2D eigenvalue weighted by molar-refractivity contribution is 14.1. The average Bonchev–Trinajstić information content (AvgIpc) is 2.44. The van der Waals surface area contributed by atoms with Crippen LogP contribution in [-0.4, -0.2) is 45.3 Å². The maximum atomic E-state index is 9.41. The first kappa shape index (κ1) is 8.18. The van der Waals surface area contributed by atoms with Gasteiger partial charge in [0.25, 0.3) is 0 Å². The van der Waals surface area contributed by atoms with Gasteiger partial charge < -0.3 is 19.7 Å². The van der Waals surface area contributed by atoms with Gasteiger partial charge in [0, 0.05) is 0 Å². The van der Waals surface area contributed by atoms with Crippen LogP contribution in [-0.2, 0) is 9.47 Å². The molecule has 0 aromatic rings. The third-order valence-electron chi connectivity index (χ3n) is 2.05.